The van der Waals surface area contributed by atoms with Gasteiger partial charge in [-0.1, -0.05) is 18.2 Å². The number of hydrogen-bond acceptors (Lipinski definition) is 2. The number of carbonyl (C=O) groups excluding carboxylic acids is 2. The first-order valence-electron chi connectivity index (χ1n) is 8.30. The lowest BCUT2D eigenvalue weighted by Gasteiger charge is -2.34. The van der Waals surface area contributed by atoms with Gasteiger partial charge in [-0.15, -0.1) is 0 Å². The molecule has 6 heteroatoms. The first-order valence-corrected chi connectivity index (χ1v) is 8.30. The molecule has 1 fully saturated rings. The van der Waals surface area contributed by atoms with Crippen LogP contribution < -0.4 is 0 Å². The zero-order chi connectivity index (χ0) is 18.5. The summed E-state index contributed by atoms with van der Waals surface area (Å²) in [7, 11) is 0. The summed E-state index contributed by atoms with van der Waals surface area (Å²) >= 11 is 0. The van der Waals surface area contributed by atoms with E-state index in [2.05, 4.69) is 0 Å². The summed E-state index contributed by atoms with van der Waals surface area (Å²) < 4.78 is 26.1. The van der Waals surface area contributed by atoms with Crippen molar-refractivity contribution in [3.05, 3.63) is 77.4 Å². The summed E-state index contributed by atoms with van der Waals surface area (Å²) in [6.45, 7) is 1.61. The molecule has 3 rings (SSSR count). The highest BCUT2D eigenvalue weighted by Crippen LogP contribution is 2.11. The van der Waals surface area contributed by atoms with Gasteiger partial charge in [0, 0.05) is 37.8 Å². The zero-order valence-corrected chi connectivity index (χ0v) is 14.1. The Bertz CT molecular complexity index is 826. The van der Waals surface area contributed by atoms with Crippen LogP contribution >= 0.6 is 0 Å². The number of amides is 2. The molecule has 1 heterocycles. The van der Waals surface area contributed by atoms with Crippen LogP contribution in [0.15, 0.2) is 54.6 Å². The first-order chi connectivity index (χ1) is 12.5. The predicted octanol–water partition coefficient (Wildman–Crippen LogP) is 2.96. The van der Waals surface area contributed by atoms with Gasteiger partial charge < -0.3 is 9.80 Å². The van der Waals surface area contributed by atoms with Crippen LogP contribution in [0, 0.1) is 11.6 Å². The van der Waals surface area contributed by atoms with Crippen molar-refractivity contribution >= 4 is 17.9 Å². The highest BCUT2D eigenvalue weighted by molar-refractivity contribution is 5.95. The van der Waals surface area contributed by atoms with E-state index in [0.29, 0.717) is 31.7 Å². The third-order valence-electron chi connectivity index (χ3n) is 4.24. The van der Waals surface area contributed by atoms with E-state index < -0.39 is 5.82 Å². The van der Waals surface area contributed by atoms with Gasteiger partial charge in [0.05, 0.1) is 0 Å². The SMILES string of the molecule is O=C(/C=C/c1ccc(F)cc1)N1CCN(C(=O)c2cccc(F)c2)CC1. The van der Waals surface area contributed by atoms with Crippen molar-refractivity contribution in [1.29, 1.82) is 0 Å². The molecule has 0 N–H and O–H groups in total. The van der Waals surface area contributed by atoms with Crippen LogP contribution in [-0.4, -0.2) is 47.8 Å². The smallest absolute Gasteiger partial charge is 0.254 e. The topological polar surface area (TPSA) is 40.6 Å². The molecule has 2 aromatic carbocycles. The third-order valence-corrected chi connectivity index (χ3v) is 4.24. The molecule has 1 aliphatic rings. The summed E-state index contributed by atoms with van der Waals surface area (Å²) in [5, 5.41) is 0. The minimum absolute atomic E-state index is 0.160. The quantitative estimate of drug-likeness (QED) is 0.794. The fourth-order valence-electron chi connectivity index (χ4n) is 2.78. The van der Waals surface area contributed by atoms with Gasteiger partial charge in [0.1, 0.15) is 11.6 Å². The van der Waals surface area contributed by atoms with Crippen LogP contribution in [0.1, 0.15) is 15.9 Å². The number of rotatable bonds is 3. The van der Waals surface area contributed by atoms with Crippen molar-refractivity contribution in [3.8, 4) is 0 Å². The van der Waals surface area contributed by atoms with Gasteiger partial charge in [-0.3, -0.25) is 9.59 Å². The first kappa shape index (κ1) is 17.8. The number of nitrogens with zero attached hydrogens (tertiary/aromatic N) is 2. The third kappa shape index (κ3) is 4.33. The Morgan fingerprint density at radius 1 is 0.846 bits per heavy atom. The lowest BCUT2D eigenvalue weighted by atomic mass is 10.1. The van der Waals surface area contributed by atoms with Gasteiger partial charge in [0.15, 0.2) is 0 Å². The van der Waals surface area contributed by atoms with Crippen molar-refractivity contribution < 1.29 is 18.4 Å². The van der Waals surface area contributed by atoms with E-state index in [1.54, 1.807) is 34.1 Å². The molecule has 134 valence electrons. The number of halogens is 2. The van der Waals surface area contributed by atoms with E-state index in [1.165, 1.54) is 36.4 Å². The average Bonchev–Trinajstić information content (AvgIpc) is 2.67. The van der Waals surface area contributed by atoms with E-state index in [9.17, 15) is 18.4 Å². The summed E-state index contributed by atoms with van der Waals surface area (Å²) in [4.78, 5) is 27.9. The minimum Gasteiger partial charge on any atom is -0.336 e. The maximum absolute atomic E-state index is 13.3. The average molecular weight is 356 g/mol. The van der Waals surface area contributed by atoms with Crippen molar-refractivity contribution in [2.75, 3.05) is 26.2 Å². The zero-order valence-electron chi connectivity index (χ0n) is 14.1. The summed E-state index contributed by atoms with van der Waals surface area (Å²) in [5.41, 5.74) is 1.04. The lowest BCUT2D eigenvalue weighted by Crippen LogP contribution is -2.50. The van der Waals surface area contributed by atoms with Crippen LogP contribution in [0.25, 0.3) is 6.08 Å². The van der Waals surface area contributed by atoms with E-state index >= 15 is 0 Å². The van der Waals surface area contributed by atoms with Crippen molar-refractivity contribution in [3.63, 3.8) is 0 Å². The monoisotopic (exact) mass is 356 g/mol. The molecule has 0 saturated carbocycles. The molecule has 1 saturated heterocycles. The van der Waals surface area contributed by atoms with Crippen LogP contribution in [0.5, 0.6) is 0 Å². The van der Waals surface area contributed by atoms with Crippen LogP contribution in [0.2, 0.25) is 0 Å². The van der Waals surface area contributed by atoms with Gasteiger partial charge in [-0.2, -0.15) is 0 Å². The summed E-state index contributed by atoms with van der Waals surface area (Å²) in [6.07, 6.45) is 3.07. The molecule has 0 radical (unpaired) electrons. The number of carbonyl (C=O) groups is 2. The largest absolute Gasteiger partial charge is 0.336 e. The Kier molecular flexibility index (Phi) is 5.41. The molecule has 0 bridgehead atoms. The highest BCUT2D eigenvalue weighted by Gasteiger charge is 2.24. The second-order valence-corrected chi connectivity index (χ2v) is 6.01. The van der Waals surface area contributed by atoms with Crippen molar-refractivity contribution in [1.82, 2.24) is 9.80 Å². The van der Waals surface area contributed by atoms with Gasteiger partial charge in [-0.05, 0) is 42.0 Å². The molecule has 0 aliphatic carbocycles. The van der Waals surface area contributed by atoms with Crippen LogP contribution in [-0.2, 0) is 4.79 Å². The van der Waals surface area contributed by atoms with Gasteiger partial charge in [-0.25, -0.2) is 8.78 Å². The van der Waals surface area contributed by atoms with Crippen LogP contribution in [0.4, 0.5) is 8.78 Å². The molecule has 4 nitrogen and oxygen atoms in total. The molecular formula is C20H18F2N2O2. The van der Waals surface area contributed by atoms with E-state index in [4.69, 9.17) is 0 Å². The minimum atomic E-state index is -0.449. The number of piperazine rings is 1. The van der Waals surface area contributed by atoms with Gasteiger partial charge >= 0.3 is 0 Å². The second-order valence-electron chi connectivity index (χ2n) is 6.01. The molecule has 0 atom stereocenters. The Labute approximate surface area is 150 Å². The summed E-state index contributed by atoms with van der Waals surface area (Å²) in [5.74, 6) is -1.17. The van der Waals surface area contributed by atoms with E-state index in [1.807, 2.05) is 0 Å². The number of hydrogen-bond donors (Lipinski definition) is 0. The van der Waals surface area contributed by atoms with Crippen molar-refractivity contribution in [2.45, 2.75) is 0 Å². The van der Waals surface area contributed by atoms with Crippen LogP contribution in [0.3, 0.4) is 0 Å². The van der Waals surface area contributed by atoms with E-state index in [-0.39, 0.29) is 17.6 Å². The standard InChI is InChI=1S/C20H18F2N2O2/c21-17-7-4-15(5-8-17)6-9-19(25)23-10-12-24(13-11-23)20(26)16-2-1-3-18(22)14-16/h1-9,14H,10-13H2/b9-6+. The maximum Gasteiger partial charge on any atom is 0.254 e. The number of benzene rings is 2. The van der Waals surface area contributed by atoms with Crippen molar-refractivity contribution in [2.24, 2.45) is 0 Å². The molecule has 26 heavy (non-hydrogen) atoms. The lowest BCUT2D eigenvalue weighted by molar-refractivity contribution is -0.127. The summed E-state index contributed by atoms with van der Waals surface area (Å²) in [6, 6.07) is 11.4. The Balaban J connectivity index is 1.55. The molecule has 2 amide bonds. The predicted molar refractivity (Wildman–Crippen MR) is 94.3 cm³/mol. The molecule has 2 aromatic rings. The Morgan fingerprint density at radius 3 is 2.15 bits per heavy atom. The fourth-order valence-corrected chi connectivity index (χ4v) is 2.78. The van der Waals surface area contributed by atoms with E-state index in [0.717, 1.165) is 5.56 Å². The molecule has 0 unspecified atom stereocenters. The second kappa shape index (κ2) is 7.91. The Hall–Kier alpha value is -3.02. The highest BCUT2D eigenvalue weighted by atomic mass is 19.1. The molecule has 0 aromatic heterocycles. The molecule has 1 aliphatic heterocycles. The fraction of sp³-hybridized carbons (Fsp3) is 0.200. The Morgan fingerprint density at radius 2 is 1.50 bits per heavy atom. The van der Waals surface area contributed by atoms with Gasteiger partial charge in [0.25, 0.3) is 5.91 Å². The molecular weight excluding hydrogens is 338 g/mol. The maximum atomic E-state index is 13.3. The molecule has 0 spiro atoms. The normalized spacial score (nSPS) is 14.7. The van der Waals surface area contributed by atoms with Gasteiger partial charge in [0.2, 0.25) is 5.91 Å².